The zero-order valence-electron chi connectivity index (χ0n) is 5.76. The third-order valence-electron chi connectivity index (χ3n) is 1.24. The van der Waals surface area contributed by atoms with Gasteiger partial charge in [0, 0.05) is 16.1 Å². The molecule has 0 radical (unpaired) electrons. The van der Waals surface area contributed by atoms with E-state index in [1.165, 1.54) is 6.21 Å². The van der Waals surface area contributed by atoms with Crippen LogP contribution in [-0.2, 0) is 0 Å². The van der Waals surface area contributed by atoms with Crippen LogP contribution in [0.5, 0.6) is 0 Å². The molecule has 3 heteroatoms. The van der Waals surface area contributed by atoms with Crippen LogP contribution >= 0.6 is 22.6 Å². The van der Waals surface area contributed by atoms with Crippen LogP contribution in [0, 0.1) is 11.3 Å². The molecule has 0 aromatic carbocycles. The first-order chi connectivity index (χ1) is 4.74. The van der Waals surface area contributed by atoms with E-state index in [-0.39, 0.29) is 16.4 Å². The number of aliphatic hydroxyl groups excluding tert-OH is 1. The van der Waals surface area contributed by atoms with Gasteiger partial charge in [-0.3, -0.25) is 0 Å². The highest BCUT2D eigenvalue weighted by Crippen LogP contribution is 2.12. The summed E-state index contributed by atoms with van der Waals surface area (Å²) in [5, 5.41) is 15.6. The lowest BCUT2D eigenvalue weighted by atomic mass is 10.1. The average Bonchev–Trinajstić information content (AvgIpc) is 1.99. The normalized spacial score (nSPS) is 15.8. The number of aliphatic hydroxyl groups is 1. The highest BCUT2D eigenvalue weighted by Gasteiger charge is 2.07. The third-order valence-corrected chi connectivity index (χ3v) is 2.15. The highest BCUT2D eigenvalue weighted by atomic mass is 127. The molecule has 2 N–H and O–H groups in total. The van der Waals surface area contributed by atoms with Crippen LogP contribution in [0.1, 0.15) is 6.42 Å². The summed E-state index contributed by atoms with van der Waals surface area (Å²) in [6.45, 7) is 3.76. The Bertz CT molecular complexity index is 108. The molecular weight excluding hydrogens is 241 g/mol. The second-order valence-electron chi connectivity index (χ2n) is 2.08. The number of hydrogen-bond donors (Lipinski definition) is 2. The van der Waals surface area contributed by atoms with Crippen molar-refractivity contribution in [1.82, 2.24) is 0 Å². The van der Waals surface area contributed by atoms with Crippen LogP contribution in [0.2, 0.25) is 0 Å². The van der Waals surface area contributed by atoms with Gasteiger partial charge in [0.2, 0.25) is 0 Å². The highest BCUT2D eigenvalue weighted by molar-refractivity contribution is 14.1. The molecule has 0 heterocycles. The number of alkyl halides is 1. The van der Waals surface area contributed by atoms with Crippen molar-refractivity contribution >= 4 is 28.8 Å². The van der Waals surface area contributed by atoms with E-state index in [0.29, 0.717) is 0 Å². The van der Waals surface area contributed by atoms with Gasteiger partial charge in [0.15, 0.2) is 0 Å². The molecule has 0 amide bonds. The molecule has 1 unspecified atom stereocenters. The average molecular weight is 253 g/mol. The summed E-state index contributed by atoms with van der Waals surface area (Å²) in [7, 11) is 0. The molecule has 0 rings (SSSR count). The lowest BCUT2D eigenvalue weighted by Crippen LogP contribution is -2.10. The summed E-state index contributed by atoms with van der Waals surface area (Å²) in [6.07, 6.45) is 3.90. The van der Waals surface area contributed by atoms with Crippen molar-refractivity contribution in [3.8, 4) is 0 Å². The Labute approximate surface area is 75.0 Å². The van der Waals surface area contributed by atoms with Gasteiger partial charge >= 0.3 is 0 Å². The predicted octanol–water partition coefficient (Wildman–Crippen LogP) is 1.62. The Kier molecular flexibility index (Phi) is 5.91. The predicted molar refractivity (Wildman–Crippen MR) is 52.0 cm³/mol. The van der Waals surface area contributed by atoms with Gasteiger partial charge in [-0.05, 0) is 6.42 Å². The van der Waals surface area contributed by atoms with Crippen LogP contribution in [0.3, 0.4) is 0 Å². The quantitative estimate of drug-likeness (QED) is 0.332. The second-order valence-corrected chi connectivity index (χ2v) is 3.84. The maximum Gasteiger partial charge on any atom is 0.0549 e. The van der Waals surface area contributed by atoms with Gasteiger partial charge in [0.05, 0.1) is 6.61 Å². The van der Waals surface area contributed by atoms with E-state index in [4.69, 9.17) is 10.5 Å². The van der Waals surface area contributed by atoms with Crippen molar-refractivity contribution in [3.05, 3.63) is 12.7 Å². The fourth-order valence-electron chi connectivity index (χ4n) is 0.602. The van der Waals surface area contributed by atoms with Crippen LogP contribution in [0.4, 0.5) is 0 Å². The monoisotopic (exact) mass is 253 g/mol. The maximum absolute atomic E-state index is 8.66. The van der Waals surface area contributed by atoms with Crippen LogP contribution in [-0.4, -0.2) is 21.9 Å². The van der Waals surface area contributed by atoms with E-state index < -0.39 is 0 Å². The summed E-state index contributed by atoms with van der Waals surface area (Å²) in [6, 6.07) is 0. The number of halogens is 1. The van der Waals surface area contributed by atoms with E-state index in [1.54, 1.807) is 6.08 Å². The SMILES string of the molecule is C=CC(C=N)C[C@@H](I)CO. The summed E-state index contributed by atoms with van der Waals surface area (Å²) in [5.74, 6) is 0.119. The van der Waals surface area contributed by atoms with E-state index in [0.717, 1.165) is 6.42 Å². The minimum atomic E-state index is 0.119. The number of allylic oxidation sites excluding steroid dienone is 1. The van der Waals surface area contributed by atoms with E-state index in [9.17, 15) is 0 Å². The summed E-state index contributed by atoms with van der Waals surface area (Å²) < 4.78 is 0.238. The van der Waals surface area contributed by atoms with Gasteiger partial charge in [0.25, 0.3) is 0 Å². The fourth-order valence-corrected chi connectivity index (χ4v) is 1.19. The number of hydrogen-bond acceptors (Lipinski definition) is 2. The fraction of sp³-hybridized carbons (Fsp3) is 0.571. The molecule has 0 aliphatic heterocycles. The molecule has 0 aliphatic carbocycles. The molecule has 0 saturated heterocycles. The van der Waals surface area contributed by atoms with Crippen molar-refractivity contribution in [3.63, 3.8) is 0 Å². The van der Waals surface area contributed by atoms with E-state index in [2.05, 4.69) is 29.2 Å². The van der Waals surface area contributed by atoms with Crippen molar-refractivity contribution in [1.29, 1.82) is 5.41 Å². The molecule has 10 heavy (non-hydrogen) atoms. The summed E-state index contributed by atoms with van der Waals surface area (Å²) in [4.78, 5) is 0. The molecule has 2 nitrogen and oxygen atoms in total. The Morgan fingerprint density at radius 2 is 2.30 bits per heavy atom. The topological polar surface area (TPSA) is 44.1 Å². The molecule has 0 aromatic heterocycles. The third kappa shape index (κ3) is 4.00. The largest absolute Gasteiger partial charge is 0.395 e. The van der Waals surface area contributed by atoms with E-state index >= 15 is 0 Å². The summed E-state index contributed by atoms with van der Waals surface area (Å²) >= 11 is 2.17. The van der Waals surface area contributed by atoms with Crippen LogP contribution in [0.15, 0.2) is 12.7 Å². The first-order valence-corrected chi connectivity index (χ1v) is 4.37. The van der Waals surface area contributed by atoms with Gasteiger partial charge in [-0.25, -0.2) is 0 Å². The molecule has 0 aromatic rings. The van der Waals surface area contributed by atoms with Gasteiger partial charge in [0.1, 0.15) is 0 Å². The molecule has 0 aliphatic rings. The Morgan fingerprint density at radius 3 is 2.60 bits per heavy atom. The zero-order valence-corrected chi connectivity index (χ0v) is 7.91. The van der Waals surface area contributed by atoms with Crippen molar-refractivity contribution in [2.45, 2.75) is 10.3 Å². The van der Waals surface area contributed by atoms with Crippen LogP contribution < -0.4 is 0 Å². The molecule has 0 saturated carbocycles. The first kappa shape index (κ1) is 10.1. The van der Waals surface area contributed by atoms with E-state index in [1.807, 2.05) is 0 Å². The van der Waals surface area contributed by atoms with Crippen molar-refractivity contribution < 1.29 is 5.11 Å². The Balaban J connectivity index is 3.61. The van der Waals surface area contributed by atoms with Crippen molar-refractivity contribution in [2.75, 3.05) is 6.61 Å². The van der Waals surface area contributed by atoms with Crippen molar-refractivity contribution in [2.24, 2.45) is 5.92 Å². The lowest BCUT2D eigenvalue weighted by Gasteiger charge is -2.08. The first-order valence-electron chi connectivity index (χ1n) is 3.12. The molecular formula is C7H12INO. The molecule has 0 spiro atoms. The molecule has 2 atom stereocenters. The van der Waals surface area contributed by atoms with Gasteiger partial charge < -0.3 is 10.5 Å². The lowest BCUT2D eigenvalue weighted by molar-refractivity contribution is 0.293. The van der Waals surface area contributed by atoms with Gasteiger partial charge in [-0.15, -0.1) is 6.58 Å². The standard InChI is InChI=1S/C7H12INO/c1-2-6(4-9)3-7(8)5-10/h2,4,6-7,9-10H,1,3,5H2/t6?,7-/m1/s1. The maximum atomic E-state index is 8.66. The van der Waals surface area contributed by atoms with Crippen LogP contribution in [0.25, 0.3) is 0 Å². The number of rotatable bonds is 5. The van der Waals surface area contributed by atoms with Gasteiger partial charge in [-0.1, -0.05) is 28.7 Å². The van der Waals surface area contributed by atoms with Gasteiger partial charge in [-0.2, -0.15) is 0 Å². The zero-order chi connectivity index (χ0) is 7.98. The Morgan fingerprint density at radius 1 is 1.70 bits per heavy atom. The minimum absolute atomic E-state index is 0.119. The summed E-state index contributed by atoms with van der Waals surface area (Å²) in [5.41, 5.74) is 0. The number of nitrogens with one attached hydrogen (secondary N) is 1. The smallest absolute Gasteiger partial charge is 0.0549 e. The molecule has 58 valence electrons. The molecule has 0 bridgehead atoms. The Hall–Kier alpha value is 0.1000. The minimum Gasteiger partial charge on any atom is -0.395 e. The second kappa shape index (κ2) is 5.85. The molecule has 0 fully saturated rings.